The minimum absolute atomic E-state index is 0.0794. The zero-order chi connectivity index (χ0) is 25.6. The highest BCUT2D eigenvalue weighted by Gasteiger charge is 2.15. The van der Waals surface area contributed by atoms with Gasteiger partial charge in [0.05, 0.1) is 12.8 Å². The summed E-state index contributed by atoms with van der Waals surface area (Å²) in [6, 6.07) is 21.2. The van der Waals surface area contributed by atoms with E-state index in [0.29, 0.717) is 17.7 Å². The molecule has 7 nitrogen and oxygen atoms in total. The van der Waals surface area contributed by atoms with Crippen LogP contribution < -0.4 is 14.3 Å². The Hall–Kier alpha value is -3.65. The number of hydrogen-bond donors (Lipinski definition) is 1. The second-order valence-electron chi connectivity index (χ2n) is 8.26. The first-order valence-corrected chi connectivity index (χ1v) is 13.5. The van der Waals surface area contributed by atoms with Crippen molar-refractivity contribution in [2.75, 3.05) is 6.61 Å². The third-order valence-electron chi connectivity index (χ3n) is 5.38. The van der Waals surface area contributed by atoms with Gasteiger partial charge in [-0.2, -0.15) is 13.5 Å². The molecule has 3 rings (SSSR count). The van der Waals surface area contributed by atoms with E-state index in [4.69, 9.17) is 8.92 Å². The predicted octanol–water partition coefficient (Wildman–Crippen LogP) is 5.96. The summed E-state index contributed by atoms with van der Waals surface area (Å²) in [6.07, 6.45) is 8.71. The fraction of sp³-hybridized carbons (Fsp3) is 0.286. The van der Waals surface area contributed by atoms with Crippen LogP contribution in [0.5, 0.6) is 11.5 Å². The van der Waals surface area contributed by atoms with Gasteiger partial charge in [-0.05, 0) is 72.6 Å². The molecule has 0 aliphatic heterocycles. The SMILES string of the molecule is CCCCCCCCOc1ccc(C(=O)N/N=C\c2ccc(OS(=O)(=O)c3ccccc3)cc2)cc1. The van der Waals surface area contributed by atoms with E-state index in [-0.39, 0.29) is 16.6 Å². The van der Waals surface area contributed by atoms with Crippen molar-refractivity contribution in [1.29, 1.82) is 0 Å². The second-order valence-corrected chi connectivity index (χ2v) is 9.81. The normalized spacial score (nSPS) is 11.4. The third-order valence-corrected chi connectivity index (χ3v) is 6.64. The molecule has 0 fully saturated rings. The molecule has 3 aromatic rings. The summed E-state index contributed by atoms with van der Waals surface area (Å²) in [7, 11) is -3.90. The maximum Gasteiger partial charge on any atom is 0.339 e. The van der Waals surface area contributed by atoms with Gasteiger partial charge >= 0.3 is 10.1 Å². The maximum absolute atomic E-state index is 12.3. The Balaban J connectivity index is 1.43. The molecule has 0 atom stereocenters. The molecule has 0 unspecified atom stereocenters. The van der Waals surface area contributed by atoms with Crippen molar-refractivity contribution in [3.63, 3.8) is 0 Å². The molecule has 0 radical (unpaired) electrons. The summed E-state index contributed by atoms with van der Waals surface area (Å²) in [6.45, 7) is 2.88. The summed E-state index contributed by atoms with van der Waals surface area (Å²) >= 11 is 0. The zero-order valence-corrected chi connectivity index (χ0v) is 21.2. The highest BCUT2D eigenvalue weighted by atomic mass is 32.2. The van der Waals surface area contributed by atoms with Crippen molar-refractivity contribution in [2.24, 2.45) is 5.10 Å². The number of benzene rings is 3. The number of nitrogens with one attached hydrogen (secondary N) is 1. The minimum Gasteiger partial charge on any atom is -0.494 e. The standard InChI is InChI=1S/C28H32N2O5S/c1-2-3-4-5-6-10-21-34-25-19-15-24(16-20-25)28(31)30-29-22-23-13-17-26(18-14-23)35-36(32,33)27-11-8-7-9-12-27/h7-9,11-20,22H,2-6,10,21H2,1H3,(H,30,31)/b29-22-. The zero-order valence-electron chi connectivity index (χ0n) is 20.4. The van der Waals surface area contributed by atoms with Crippen molar-refractivity contribution in [1.82, 2.24) is 5.43 Å². The molecule has 0 spiro atoms. The van der Waals surface area contributed by atoms with Gasteiger partial charge in [0.1, 0.15) is 16.4 Å². The molecular formula is C28H32N2O5S. The first kappa shape index (κ1) is 26.9. The van der Waals surface area contributed by atoms with Crippen molar-refractivity contribution in [2.45, 2.75) is 50.3 Å². The molecular weight excluding hydrogens is 476 g/mol. The third kappa shape index (κ3) is 8.85. The highest BCUT2D eigenvalue weighted by molar-refractivity contribution is 7.87. The predicted molar refractivity (Wildman–Crippen MR) is 141 cm³/mol. The number of ether oxygens (including phenoxy) is 1. The Morgan fingerprint density at radius 3 is 2.17 bits per heavy atom. The summed E-state index contributed by atoms with van der Waals surface area (Å²) in [5.41, 5.74) is 3.61. The molecule has 0 bridgehead atoms. The van der Waals surface area contributed by atoms with Gasteiger partial charge in [0.15, 0.2) is 0 Å². The quantitative estimate of drug-likeness (QED) is 0.126. The maximum atomic E-state index is 12.3. The molecule has 1 amide bonds. The number of nitrogens with zero attached hydrogens (tertiary/aromatic N) is 1. The van der Waals surface area contributed by atoms with E-state index in [1.165, 1.54) is 62.6 Å². The summed E-state index contributed by atoms with van der Waals surface area (Å²) in [5.74, 6) is 0.571. The highest BCUT2D eigenvalue weighted by Crippen LogP contribution is 2.19. The molecule has 3 aromatic carbocycles. The number of carbonyl (C=O) groups excluding carboxylic acids is 1. The molecule has 1 N–H and O–H groups in total. The second kappa shape index (κ2) is 14.0. The van der Waals surface area contributed by atoms with Crippen molar-refractivity contribution in [3.05, 3.63) is 90.0 Å². The Labute approximate surface area is 213 Å². The van der Waals surface area contributed by atoms with Crippen LogP contribution in [0.25, 0.3) is 0 Å². The molecule has 0 aliphatic rings. The first-order valence-electron chi connectivity index (χ1n) is 12.1. The van der Waals surface area contributed by atoms with E-state index < -0.39 is 10.1 Å². The number of unbranched alkanes of at least 4 members (excludes halogenated alkanes) is 5. The average molecular weight is 509 g/mol. The van der Waals surface area contributed by atoms with E-state index in [0.717, 1.165) is 12.2 Å². The molecule has 0 aromatic heterocycles. The van der Waals surface area contributed by atoms with Crippen LogP contribution in [0.15, 0.2) is 88.9 Å². The van der Waals surface area contributed by atoms with Crippen LogP contribution >= 0.6 is 0 Å². The number of hydrazone groups is 1. The number of carbonyl (C=O) groups is 1. The Bertz CT molecular complexity index is 1210. The van der Waals surface area contributed by atoms with Crippen molar-refractivity contribution >= 4 is 22.2 Å². The molecule has 8 heteroatoms. The lowest BCUT2D eigenvalue weighted by Crippen LogP contribution is -2.17. The van der Waals surface area contributed by atoms with Gasteiger partial charge in [-0.1, -0.05) is 57.2 Å². The van der Waals surface area contributed by atoms with Crippen LogP contribution in [0.1, 0.15) is 61.4 Å². The fourth-order valence-corrected chi connectivity index (χ4v) is 4.33. The van der Waals surface area contributed by atoms with Crippen LogP contribution in [-0.4, -0.2) is 27.1 Å². The summed E-state index contributed by atoms with van der Waals surface area (Å²) in [5, 5.41) is 3.97. The largest absolute Gasteiger partial charge is 0.494 e. The molecule has 36 heavy (non-hydrogen) atoms. The van der Waals surface area contributed by atoms with Crippen LogP contribution in [0, 0.1) is 0 Å². The summed E-state index contributed by atoms with van der Waals surface area (Å²) < 4.78 is 35.5. The van der Waals surface area contributed by atoms with Gasteiger partial charge in [-0.25, -0.2) is 5.43 Å². The van der Waals surface area contributed by atoms with Gasteiger partial charge in [-0.15, -0.1) is 0 Å². The van der Waals surface area contributed by atoms with Gasteiger partial charge in [0.25, 0.3) is 5.91 Å². The molecule has 0 saturated carbocycles. The summed E-state index contributed by atoms with van der Waals surface area (Å²) in [4.78, 5) is 12.4. The first-order chi connectivity index (χ1) is 17.5. The Morgan fingerprint density at radius 1 is 0.833 bits per heavy atom. The van der Waals surface area contributed by atoms with Gasteiger partial charge in [0.2, 0.25) is 0 Å². The van der Waals surface area contributed by atoms with E-state index in [1.807, 2.05) is 0 Å². The van der Waals surface area contributed by atoms with Crippen molar-refractivity contribution in [3.8, 4) is 11.5 Å². The molecule has 0 heterocycles. The molecule has 0 aliphatic carbocycles. The van der Waals surface area contributed by atoms with Crippen LogP contribution in [-0.2, 0) is 10.1 Å². The number of hydrogen-bond acceptors (Lipinski definition) is 6. The van der Waals surface area contributed by atoms with Gasteiger partial charge in [0, 0.05) is 5.56 Å². The monoisotopic (exact) mass is 508 g/mol. The Morgan fingerprint density at radius 2 is 1.47 bits per heavy atom. The lowest BCUT2D eigenvalue weighted by Gasteiger charge is -2.07. The lowest BCUT2D eigenvalue weighted by molar-refractivity contribution is 0.0955. The molecule has 190 valence electrons. The fourth-order valence-electron chi connectivity index (χ4n) is 3.38. The Kier molecular flexibility index (Phi) is 10.5. The van der Waals surface area contributed by atoms with E-state index in [1.54, 1.807) is 54.6 Å². The number of amides is 1. The van der Waals surface area contributed by atoms with Crippen LogP contribution in [0.2, 0.25) is 0 Å². The van der Waals surface area contributed by atoms with E-state index >= 15 is 0 Å². The average Bonchev–Trinajstić information content (AvgIpc) is 2.90. The molecule has 0 saturated heterocycles. The van der Waals surface area contributed by atoms with Crippen LogP contribution in [0.4, 0.5) is 0 Å². The smallest absolute Gasteiger partial charge is 0.339 e. The van der Waals surface area contributed by atoms with Crippen LogP contribution in [0.3, 0.4) is 0 Å². The minimum atomic E-state index is -3.90. The number of rotatable bonds is 14. The van der Waals surface area contributed by atoms with Gasteiger partial charge < -0.3 is 8.92 Å². The topological polar surface area (TPSA) is 94.1 Å². The van der Waals surface area contributed by atoms with Gasteiger partial charge in [-0.3, -0.25) is 4.79 Å². The van der Waals surface area contributed by atoms with E-state index in [9.17, 15) is 13.2 Å². The lowest BCUT2D eigenvalue weighted by atomic mass is 10.1. The van der Waals surface area contributed by atoms with E-state index in [2.05, 4.69) is 17.5 Å². The van der Waals surface area contributed by atoms with Crippen molar-refractivity contribution < 1.29 is 22.1 Å².